The highest BCUT2D eigenvalue weighted by atomic mass is 19.4. The molecule has 11 heteroatoms. The molecule has 1 aliphatic heterocycles. The number of amides is 1. The number of aromatic hydroxyl groups is 1. The first kappa shape index (κ1) is 26.5. The second kappa shape index (κ2) is 9.52. The van der Waals surface area contributed by atoms with Gasteiger partial charge in [-0.25, -0.2) is 14.6 Å². The second-order valence-corrected chi connectivity index (χ2v) is 9.68. The van der Waals surface area contributed by atoms with Crippen LogP contribution in [0.5, 0.6) is 5.75 Å². The van der Waals surface area contributed by atoms with Gasteiger partial charge in [0.15, 0.2) is 0 Å². The molecule has 2 N–H and O–H groups in total. The minimum Gasteiger partial charge on any atom is -0.506 e. The molecule has 2 heterocycles. The number of ether oxygens (including phenoxy) is 2. The van der Waals surface area contributed by atoms with Gasteiger partial charge in [0.05, 0.1) is 30.0 Å². The van der Waals surface area contributed by atoms with Crippen molar-refractivity contribution >= 4 is 23.0 Å². The predicted octanol–water partition coefficient (Wildman–Crippen LogP) is 4.49. The van der Waals surface area contributed by atoms with Crippen molar-refractivity contribution in [1.82, 2.24) is 9.88 Å². The largest absolute Gasteiger partial charge is 0.506 e. The van der Waals surface area contributed by atoms with E-state index in [4.69, 9.17) is 9.47 Å². The van der Waals surface area contributed by atoms with Gasteiger partial charge in [-0.1, -0.05) is 12.1 Å². The lowest BCUT2D eigenvalue weighted by atomic mass is 9.91. The summed E-state index contributed by atoms with van der Waals surface area (Å²) in [5, 5.41) is 21.6. The smallest absolute Gasteiger partial charge is 0.418 e. The average molecular weight is 498 g/mol. The number of benzene rings is 1. The molecule has 1 aromatic carbocycles. The van der Waals surface area contributed by atoms with E-state index < -0.39 is 53.2 Å². The maximum atomic E-state index is 13.5. The lowest BCUT2D eigenvalue weighted by molar-refractivity contribution is -0.145. The zero-order chi connectivity index (χ0) is 26.3. The third kappa shape index (κ3) is 5.61. The summed E-state index contributed by atoms with van der Waals surface area (Å²) in [6.45, 7) is 6.46. The quantitative estimate of drug-likeness (QED) is 0.598. The van der Waals surface area contributed by atoms with Crippen molar-refractivity contribution in [3.8, 4) is 5.75 Å². The van der Waals surface area contributed by atoms with Crippen LogP contribution in [0.2, 0.25) is 0 Å². The number of aryl methyl sites for hydroxylation is 1. The Kier molecular flexibility index (Phi) is 7.21. The van der Waals surface area contributed by atoms with Crippen LogP contribution in [0.1, 0.15) is 56.5 Å². The van der Waals surface area contributed by atoms with E-state index in [1.807, 2.05) is 0 Å². The van der Waals surface area contributed by atoms with Gasteiger partial charge in [0.1, 0.15) is 17.4 Å². The average Bonchev–Trinajstić information content (AvgIpc) is 3.15. The first-order valence-electron chi connectivity index (χ1n) is 11.1. The Balaban J connectivity index is 1.94. The Morgan fingerprint density at radius 1 is 1.26 bits per heavy atom. The minimum atomic E-state index is -4.68. The molecular weight excluding hydrogens is 469 g/mol. The number of fused-ring (bicyclic) bond motifs is 1. The van der Waals surface area contributed by atoms with Crippen molar-refractivity contribution in [3.63, 3.8) is 0 Å². The molecule has 1 unspecified atom stereocenters. The first-order valence-corrected chi connectivity index (χ1v) is 11.1. The number of nitrogens with zero attached hydrogens (tertiary/aromatic N) is 2. The number of carbonyl (C=O) groups is 2. The van der Waals surface area contributed by atoms with Crippen molar-refractivity contribution in [2.75, 3.05) is 13.7 Å². The fraction of sp³-hybridized carbons (Fsp3) is 0.542. The number of carbonyl (C=O) groups excluding carboxylic acids is 2. The number of halogens is 3. The lowest BCUT2D eigenvalue weighted by Gasteiger charge is -2.27. The molecule has 0 radical (unpaired) electrons. The van der Waals surface area contributed by atoms with E-state index in [0.717, 1.165) is 6.07 Å². The fourth-order valence-electron chi connectivity index (χ4n) is 4.40. The highest BCUT2D eigenvalue weighted by molar-refractivity contribution is 5.88. The number of aromatic nitrogens is 1. The summed E-state index contributed by atoms with van der Waals surface area (Å²) < 4.78 is 50.8. The monoisotopic (exact) mass is 498 g/mol. The molecule has 8 nitrogen and oxygen atoms in total. The van der Waals surface area contributed by atoms with E-state index in [-0.39, 0.29) is 41.5 Å². The van der Waals surface area contributed by atoms with E-state index in [0.29, 0.717) is 0 Å². The van der Waals surface area contributed by atoms with Crippen LogP contribution in [0.4, 0.5) is 18.0 Å². The number of alkyl halides is 3. The zero-order valence-electron chi connectivity index (χ0n) is 20.1. The molecule has 1 saturated heterocycles. The van der Waals surface area contributed by atoms with E-state index >= 15 is 0 Å². The summed E-state index contributed by atoms with van der Waals surface area (Å²) in [4.78, 5) is 30.1. The SMILES string of the molecule is COC(=O)[C@@H]1C[C@@H](CC(O)c2c(O)c(C)nc3c(C(F)(F)F)cccc23)CN1C(=O)OC(C)(C)C. The molecule has 2 aromatic rings. The maximum absolute atomic E-state index is 13.5. The third-order valence-corrected chi connectivity index (χ3v) is 5.89. The summed E-state index contributed by atoms with van der Waals surface area (Å²) in [7, 11) is 1.19. The summed E-state index contributed by atoms with van der Waals surface area (Å²) >= 11 is 0. The van der Waals surface area contributed by atoms with Gasteiger partial charge < -0.3 is 19.7 Å². The Labute approximate surface area is 200 Å². The number of esters is 1. The number of pyridine rings is 1. The van der Waals surface area contributed by atoms with Crippen LogP contribution in [-0.2, 0) is 20.4 Å². The summed E-state index contributed by atoms with van der Waals surface area (Å²) in [6, 6.07) is 2.49. The van der Waals surface area contributed by atoms with E-state index in [1.54, 1.807) is 20.8 Å². The second-order valence-electron chi connectivity index (χ2n) is 9.68. The number of aliphatic hydroxyl groups excluding tert-OH is 1. The van der Waals surface area contributed by atoms with Crippen LogP contribution < -0.4 is 0 Å². The van der Waals surface area contributed by atoms with Crippen molar-refractivity contribution in [2.24, 2.45) is 5.92 Å². The van der Waals surface area contributed by atoms with Crippen molar-refractivity contribution < 1.29 is 42.4 Å². The summed E-state index contributed by atoms with van der Waals surface area (Å²) in [5.74, 6) is -1.47. The molecular formula is C24H29F3N2O6. The van der Waals surface area contributed by atoms with Gasteiger partial charge >= 0.3 is 18.2 Å². The van der Waals surface area contributed by atoms with Gasteiger partial charge in [-0.2, -0.15) is 13.2 Å². The normalized spacial score (nSPS) is 19.6. The van der Waals surface area contributed by atoms with Gasteiger partial charge in [0.25, 0.3) is 0 Å². The highest BCUT2D eigenvalue weighted by Gasteiger charge is 2.43. The van der Waals surface area contributed by atoms with Crippen LogP contribution in [-0.4, -0.2) is 57.5 Å². The third-order valence-electron chi connectivity index (χ3n) is 5.89. The van der Waals surface area contributed by atoms with Gasteiger partial charge in [0.2, 0.25) is 0 Å². The zero-order valence-corrected chi connectivity index (χ0v) is 20.1. The Morgan fingerprint density at radius 2 is 1.91 bits per heavy atom. The van der Waals surface area contributed by atoms with Crippen LogP contribution in [0.3, 0.4) is 0 Å². The molecule has 0 aliphatic carbocycles. The molecule has 1 aliphatic rings. The number of methoxy groups -OCH3 is 1. The molecule has 0 bridgehead atoms. The number of para-hydroxylation sites is 1. The molecule has 35 heavy (non-hydrogen) atoms. The van der Waals surface area contributed by atoms with E-state index in [2.05, 4.69) is 4.98 Å². The minimum absolute atomic E-state index is 0.0260. The van der Waals surface area contributed by atoms with Gasteiger partial charge in [-0.3, -0.25) is 4.90 Å². The summed E-state index contributed by atoms with van der Waals surface area (Å²) in [5.41, 5.74) is -2.29. The van der Waals surface area contributed by atoms with Crippen LogP contribution in [0, 0.1) is 12.8 Å². The molecule has 3 atom stereocenters. The van der Waals surface area contributed by atoms with Crippen LogP contribution in [0.15, 0.2) is 18.2 Å². The maximum Gasteiger partial charge on any atom is 0.418 e. The molecule has 1 amide bonds. The summed E-state index contributed by atoms with van der Waals surface area (Å²) in [6.07, 6.45) is -6.66. The number of likely N-dealkylation sites (tertiary alicyclic amines) is 1. The van der Waals surface area contributed by atoms with Crippen molar-refractivity contribution in [1.29, 1.82) is 0 Å². The molecule has 1 aromatic heterocycles. The Bertz CT molecular complexity index is 1130. The highest BCUT2D eigenvalue weighted by Crippen LogP contribution is 2.42. The molecule has 192 valence electrons. The van der Waals surface area contributed by atoms with Crippen molar-refractivity contribution in [2.45, 2.75) is 64.5 Å². The standard InChI is InChI=1S/C24H29F3N2O6/c1-12-20(31)18(14-7-6-8-15(19(14)28-12)24(25,26)27)17(30)10-13-9-16(21(32)34-5)29(11-13)22(33)35-23(2,3)4/h6-8,13,16-17,30-31H,9-11H2,1-5H3/t13-,16-,17?/m0/s1. The number of aliphatic hydroxyl groups is 1. The van der Waals surface area contributed by atoms with Gasteiger partial charge in [-0.15, -0.1) is 0 Å². The van der Waals surface area contributed by atoms with Crippen LogP contribution in [0.25, 0.3) is 10.9 Å². The lowest BCUT2D eigenvalue weighted by Crippen LogP contribution is -2.43. The van der Waals surface area contributed by atoms with Gasteiger partial charge in [-0.05, 0) is 52.5 Å². The first-order chi connectivity index (χ1) is 16.1. The Hall–Kier alpha value is -3.08. The molecule has 0 saturated carbocycles. The molecule has 0 spiro atoms. The fourth-order valence-corrected chi connectivity index (χ4v) is 4.40. The van der Waals surface area contributed by atoms with Crippen LogP contribution >= 0.6 is 0 Å². The number of rotatable bonds is 4. The molecule has 1 fully saturated rings. The molecule has 3 rings (SSSR count). The topological polar surface area (TPSA) is 109 Å². The van der Waals surface area contributed by atoms with Gasteiger partial charge in [0, 0.05) is 17.5 Å². The Morgan fingerprint density at radius 3 is 2.49 bits per heavy atom. The van der Waals surface area contributed by atoms with E-state index in [9.17, 15) is 33.0 Å². The van der Waals surface area contributed by atoms with E-state index in [1.165, 1.54) is 31.1 Å². The number of hydrogen-bond acceptors (Lipinski definition) is 7. The predicted molar refractivity (Wildman–Crippen MR) is 120 cm³/mol. The number of hydrogen-bond donors (Lipinski definition) is 2. The van der Waals surface area contributed by atoms with Crippen molar-refractivity contribution in [3.05, 3.63) is 35.0 Å².